The Bertz CT molecular complexity index is 1120. The van der Waals surface area contributed by atoms with E-state index in [0.717, 1.165) is 29.9 Å². The largest absolute Gasteiger partial charge is 0.457 e. The topological polar surface area (TPSA) is 9.23 Å². The molecule has 0 heterocycles. The molecule has 0 aliphatic heterocycles. The summed E-state index contributed by atoms with van der Waals surface area (Å²) in [5.74, 6) is 1.68. The Labute approximate surface area is 185 Å². The van der Waals surface area contributed by atoms with Crippen molar-refractivity contribution in [3.05, 3.63) is 124 Å². The van der Waals surface area contributed by atoms with Crippen molar-refractivity contribution in [2.45, 2.75) is 26.7 Å². The third kappa shape index (κ3) is 6.20. The first kappa shape index (κ1) is 20.7. The highest BCUT2D eigenvalue weighted by atomic mass is 16.5. The molecule has 0 unspecified atom stereocenters. The van der Waals surface area contributed by atoms with Gasteiger partial charge in [0.1, 0.15) is 11.5 Å². The van der Waals surface area contributed by atoms with Gasteiger partial charge >= 0.3 is 0 Å². The number of ether oxygens (including phenoxy) is 1. The summed E-state index contributed by atoms with van der Waals surface area (Å²) in [5, 5.41) is 0. The van der Waals surface area contributed by atoms with Crippen LogP contribution < -0.4 is 4.74 Å². The maximum Gasteiger partial charge on any atom is 0.127 e. The second kappa shape index (κ2) is 9.95. The minimum Gasteiger partial charge on any atom is -0.457 e. The lowest BCUT2D eigenvalue weighted by Gasteiger charge is -2.08. The van der Waals surface area contributed by atoms with E-state index in [1.54, 1.807) is 0 Å². The number of hydrogen-bond acceptors (Lipinski definition) is 1. The molecular formula is C30H28O. The van der Waals surface area contributed by atoms with Crippen LogP contribution >= 0.6 is 0 Å². The van der Waals surface area contributed by atoms with Gasteiger partial charge in [0.15, 0.2) is 0 Å². The standard InChI is InChI=1S/C30H28O/c1-23-3-7-25(8-4-23)11-13-27-15-19-29(20-16-27)31-30-21-17-28(18-22-30)14-12-26-9-5-24(2)6-10-26/h3-5,7-9,11-22H,6,10H2,1-2H3/b13-11+,14-12+. The van der Waals surface area contributed by atoms with Crippen LogP contribution in [0.1, 0.15) is 42.0 Å². The van der Waals surface area contributed by atoms with E-state index in [2.05, 4.69) is 98.8 Å². The van der Waals surface area contributed by atoms with Gasteiger partial charge in [-0.1, -0.05) is 96.1 Å². The predicted octanol–water partition coefficient (Wildman–Crippen LogP) is 8.64. The van der Waals surface area contributed by atoms with Crippen LogP contribution in [0, 0.1) is 6.92 Å². The maximum absolute atomic E-state index is 6.00. The molecule has 0 saturated heterocycles. The first-order chi connectivity index (χ1) is 15.1. The fourth-order valence-corrected chi connectivity index (χ4v) is 3.40. The zero-order valence-corrected chi connectivity index (χ0v) is 18.2. The van der Waals surface area contributed by atoms with Gasteiger partial charge in [-0.25, -0.2) is 0 Å². The molecule has 0 spiro atoms. The molecule has 31 heavy (non-hydrogen) atoms. The Morgan fingerprint density at radius 3 is 1.52 bits per heavy atom. The lowest BCUT2D eigenvalue weighted by molar-refractivity contribution is 0.482. The van der Waals surface area contributed by atoms with E-state index >= 15 is 0 Å². The van der Waals surface area contributed by atoms with Crippen LogP contribution in [0.2, 0.25) is 0 Å². The second-order valence-corrected chi connectivity index (χ2v) is 8.07. The maximum atomic E-state index is 6.00. The number of rotatable bonds is 6. The zero-order valence-electron chi connectivity index (χ0n) is 18.2. The first-order valence-electron chi connectivity index (χ1n) is 10.8. The minimum absolute atomic E-state index is 0.838. The third-order valence-corrected chi connectivity index (χ3v) is 5.42. The van der Waals surface area contributed by atoms with Gasteiger partial charge in [0.25, 0.3) is 0 Å². The fourth-order valence-electron chi connectivity index (χ4n) is 3.40. The van der Waals surface area contributed by atoms with Crippen LogP contribution in [0.15, 0.2) is 102 Å². The summed E-state index contributed by atoms with van der Waals surface area (Å²) in [7, 11) is 0. The van der Waals surface area contributed by atoms with Crippen molar-refractivity contribution in [1.82, 2.24) is 0 Å². The SMILES string of the molecule is CC1=CC=C(/C=C/c2ccc(Oc3ccc(/C=C/c4ccc(C)cc4)cc3)cc2)CC1. The van der Waals surface area contributed by atoms with Crippen molar-refractivity contribution in [3.63, 3.8) is 0 Å². The molecule has 0 fully saturated rings. The molecule has 4 rings (SSSR count). The van der Waals surface area contributed by atoms with E-state index in [-0.39, 0.29) is 0 Å². The van der Waals surface area contributed by atoms with Gasteiger partial charge in [0.2, 0.25) is 0 Å². The fraction of sp³-hybridized carbons (Fsp3) is 0.133. The summed E-state index contributed by atoms with van der Waals surface area (Å²) in [6, 6.07) is 24.9. The van der Waals surface area contributed by atoms with Gasteiger partial charge in [0, 0.05) is 0 Å². The zero-order chi connectivity index (χ0) is 21.5. The van der Waals surface area contributed by atoms with Gasteiger partial charge in [-0.2, -0.15) is 0 Å². The van der Waals surface area contributed by atoms with E-state index in [1.165, 1.54) is 27.8 Å². The number of benzene rings is 3. The van der Waals surface area contributed by atoms with Crippen molar-refractivity contribution in [3.8, 4) is 11.5 Å². The van der Waals surface area contributed by atoms with E-state index < -0.39 is 0 Å². The van der Waals surface area contributed by atoms with E-state index in [9.17, 15) is 0 Å². The van der Waals surface area contributed by atoms with Crippen molar-refractivity contribution in [1.29, 1.82) is 0 Å². The van der Waals surface area contributed by atoms with Crippen molar-refractivity contribution in [2.24, 2.45) is 0 Å². The van der Waals surface area contributed by atoms with Crippen molar-refractivity contribution >= 4 is 18.2 Å². The Morgan fingerprint density at radius 1 is 0.548 bits per heavy atom. The second-order valence-electron chi connectivity index (χ2n) is 8.07. The van der Waals surface area contributed by atoms with E-state index in [4.69, 9.17) is 4.74 Å². The van der Waals surface area contributed by atoms with E-state index in [1.807, 2.05) is 24.3 Å². The molecule has 1 aliphatic rings. The van der Waals surface area contributed by atoms with Gasteiger partial charge < -0.3 is 4.74 Å². The highest BCUT2D eigenvalue weighted by molar-refractivity contribution is 5.70. The average Bonchev–Trinajstić information content (AvgIpc) is 2.80. The molecule has 1 heteroatoms. The average molecular weight is 405 g/mol. The number of hydrogen-bond donors (Lipinski definition) is 0. The van der Waals surface area contributed by atoms with Gasteiger partial charge in [0.05, 0.1) is 0 Å². The third-order valence-electron chi connectivity index (χ3n) is 5.42. The van der Waals surface area contributed by atoms with Crippen LogP contribution in [0.5, 0.6) is 11.5 Å². The Hall–Kier alpha value is -3.58. The molecule has 3 aromatic carbocycles. The van der Waals surface area contributed by atoms with Crippen LogP contribution in [0.3, 0.4) is 0 Å². The summed E-state index contributed by atoms with van der Waals surface area (Å²) < 4.78 is 6.00. The normalized spacial score (nSPS) is 14.0. The molecule has 0 saturated carbocycles. The Balaban J connectivity index is 1.34. The first-order valence-corrected chi connectivity index (χ1v) is 10.8. The molecule has 3 aromatic rings. The molecule has 0 N–H and O–H groups in total. The van der Waals surface area contributed by atoms with Gasteiger partial charge in [-0.05, 0) is 73.2 Å². The molecular weight excluding hydrogens is 376 g/mol. The molecule has 0 radical (unpaired) electrons. The Kier molecular flexibility index (Phi) is 6.64. The summed E-state index contributed by atoms with van der Waals surface area (Å²) in [5.41, 5.74) is 7.63. The number of aryl methyl sites for hydroxylation is 1. The molecule has 0 amide bonds. The lowest BCUT2D eigenvalue weighted by Crippen LogP contribution is -1.88. The van der Waals surface area contributed by atoms with Crippen LogP contribution in [-0.4, -0.2) is 0 Å². The van der Waals surface area contributed by atoms with Crippen LogP contribution in [-0.2, 0) is 0 Å². The summed E-state index contributed by atoms with van der Waals surface area (Å²) in [6.07, 6.45) is 15.3. The molecule has 0 bridgehead atoms. The van der Waals surface area contributed by atoms with Crippen LogP contribution in [0.4, 0.5) is 0 Å². The quantitative estimate of drug-likeness (QED) is 0.374. The van der Waals surface area contributed by atoms with Crippen molar-refractivity contribution in [2.75, 3.05) is 0 Å². The highest BCUT2D eigenvalue weighted by Crippen LogP contribution is 2.24. The summed E-state index contributed by atoms with van der Waals surface area (Å²) >= 11 is 0. The monoisotopic (exact) mass is 404 g/mol. The van der Waals surface area contributed by atoms with Crippen molar-refractivity contribution < 1.29 is 4.74 Å². The molecule has 154 valence electrons. The van der Waals surface area contributed by atoms with Gasteiger partial charge in [-0.3, -0.25) is 0 Å². The van der Waals surface area contributed by atoms with Gasteiger partial charge in [-0.15, -0.1) is 0 Å². The number of allylic oxidation sites excluding steroid dienone is 5. The van der Waals surface area contributed by atoms with E-state index in [0.29, 0.717) is 0 Å². The minimum atomic E-state index is 0.838. The smallest absolute Gasteiger partial charge is 0.127 e. The summed E-state index contributed by atoms with van der Waals surface area (Å²) in [6.45, 7) is 4.29. The molecule has 0 atom stereocenters. The molecule has 1 aliphatic carbocycles. The molecule has 1 nitrogen and oxygen atoms in total. The summed E-state index contributed by atoms with van der Waals surface area (Å²) in [4.78, 5) is 0. The van der Waals surface area contributed by atoms with Crippen LogP contribution in [0.25, 0.3) is 18.2 Å². The highest BCUT2D eigenvalue weighted by Gasteiger charge is 2.01. The Morgan fingerprint density at radius 2 is 1.03 bits per heavy atom. The molecule has 0 aromatic heterocycles. The predicted molar refractivity (Wildman–Crippen MR) is 133 cm³/mol. The lowest BCUT2D eigenvalue weighted by atomic mass is 9.99.